The Hall–Kier alpha value is -5.05. The molecule has 3 heterocycles. The van der Waals surface area contributed by atoms with E-state index in [0.29, 0.717) is 35.5 Å². The molecular formula is C38H39F2N5O2. The van der Waals surface area contributed by atoms with Gasteiger partial charge < -0.3 is 19.1 Å². The van der Waals surface area contributed by atoms with E-state index in [1.165, 1.54) is 6.33 Å². The van der Waals surface area contributed by atoms with Crippen LogP contribution in [0.5, 0.6) is 0 Å². The number of aromatic nitrogens is 3. The zero-order chi connectivity index (χ0) is 33.3. The molecule has 6 rings (SSSR count). The van der Waals surface area contributed by atoms with Crippen LogP contribution >= 0.6 is 0 Å². The topological polar surface area (TPSA) is 63.5 Å². The molecule has 242 valence electrons. The molecule has 1 aliphatic rings. The van der Waals surface area contributed by atoms with Gasteiger partial charge in [-0.1, -0.05) is 91.0 Å². The Morgan fingerprint density at radius 3 is 1.83 bits per heavy atom. The van der Waals surface area contributed by atoms with E-state index < -0.39 is 17.2 Å². The summed E-state index contributed by atoms with van der Waals surface area (Å²) in [6.45, 7) is 10.3. The van der Waals surface area contributed by atoms with Gasteiger partial charge in [-0.15, -0.1) is 0 Å². The number of anilines is 1. The summed E-state index contributed by atoms with van der Waals surface area (Å²) in [6.07, 6.45) is 1.95. The first kappa shape index (κ1) is 31.9. The number of nitrogens with zero attached hydrogens (tertiary/aromatic N) is 5. The van der Waals surface area contributed by atoms with Gasteiger partial charge in [-0.2, -0.15) is 8.78 Å². The Morgan fingerprint density at radius 2 is 1.34 bits per heavy atom. The van der Waals surface area contributed by atoms with Crippen LogP contribution in [0.1, 0.15) is 56.9 Å². The maximum absolute atomic E-state index is 14.3. The molecule has 1 fully saturated rings. The molecule has 0 radical (unpaired) electrons. The predicted molar refractivity (Wildman–Crippen MR) is 182 cm³/mol. The molecular weight excluding hydrogens is 596 g/mol. The van der Waals surface area contributed by atoms with Gasteiger partial charge in [0.25, 0.3) is 6.08 Å². The molecule has 9 heteroatoms. The minimum atomic E-state index is -1.82. The van der Waals surface area contributed by atoms with E-state index in [1.807, 2.05) is 93.8 Å². The van der Waals surface area contributed by atoms with Crippen molar-refractivity contribution in [3.8, 4) is 0 Å². The molecule has 1 saturated heterocycles. The number of hydrogen-bond acceptors (Lipinski definition) is 5. The maximum atomic E-state index is 14.3. The van der Waals surface area contributed by atoms with E-state index in [9.17, 15) is 13.6 Å². The highest BCUT2D eigenvalue weighted by atomic mass is 19.3. The lowest BCUT2D eigenvalue weighted by Gasteiger charge is -2.44. The van der Waals surface area contributed by atoms with Crippen LogP contribution in [-0.2, 0) is 10.3 Å². The second-order valence-corrected chi connectivity index (χ2v) is 13.1. The third-order valence-corrected chi connectivity index (χ3v) is 8.68. The molecule has 7 nitrogen and oxygen atoms in total. The van der Waals surface area contributed by atoms with Gasteiger partial charge in [0.15, 0.2) is 0 Å². The average Bonchev–Trinajstić information content (AvgIpc) is 3.41. The van der Waals surface area contributed by atoms with Gasteiger partial charge in [0.05, 0.1) is 5.39 Å². The fourth-order valence-corrected chi connectivity index (χ4v) is 6.73. The number of benzene rings is 3. The van der Waals surface area contributed by atoms with E-state index in [-0.39, 0.29) is 18.2 Å². The smallest absolute Gasteiger partial charge is 0.410 e. The van der Waals surface area contributed by atoms with Crippen molar-refractivity contribution in [3.63, 3.8) is 0 Å². The molecule has 5 aromatic rings. The number of carbonyl (C=O) groups excluding carboxylic acids is 1. The van der Waals surface area contributed by atoms with E-state index >= 15 is 0 Å². The van der Waals surface area contributed by atoms with E-state index in [1.54, 1.807) is 11.1 Å². The summed E-state index contributed by atoms with van der Waals surface area (Å²) in [5.74, 6) is 0.535. The highest BCUT2D eigenvalue weighted by Gasteiger charge is 2.41. The molecule has 0 aliphatic carbocycles. The van der Waals surface area contributed by atoms with Gasteiger partial charge in [0.1, 0.15) is 28.9 Å². The van der Waals surface area contributed by atoms with Crippen LogP contribution in [0.4, 0.5) is 19.4 Å². The highest BCUT2D eigenvalue weighted by Crippen LogP contribution is 2.45. The standard InChI is InChI=1S/C38H39F2N5O2/c1-26-23-44(36(46)47-37(3,4)5)27(2)22-43(26)34-33-28(21-32(39)40)24-45(35(33)42-25-41-34)38(29-15-9-6-10-16-29,30-17-11-7-12-18-30)31-19-13-8-14-20-31/h6-21,24-27H,22-23H2,1-5H3. The van der Waals surface area contributed by atoms with Crippen LogP contribution in [0.15, 0.2) is 110 Å². The second-order valence-electron chi connectivity index (χ2n) is 13.1. The lowest BCUT2D eigenvalue weighted by atomic mass is 9.76. The van der Waals surface area contributed by atoms with Crippen molar-refractivity contribution in [1.82, 2.24) is 19.4 Å². The Balaban J connectivity index is 1.60. The number of ether oxygens (including phenoxy) is 1. The number of rotatable bonds is 6. The number of piperazine rings is 1. The first-order valence-electron chi connectivity index (χ1n) is 15.8. The second kappa shape index (κ2) is 12.6. The molecule has 0 N–H and O–H groups in total. The van der Waals surface area contributed by atoms with Crippen molar-refractivity contribution in [2.24, 2.45) is 0 Å². The maximum Gasteiger partial charge on any atom is 0.410 e. The van der Waals surface area contributed by atoms with Gasteiger partial charge in [-0.25, -0.2) is 14.8 Å². The van der Waals surface area contributed by atoms with Crippen molar-refractivity contribution < 1.29 is 18.3 Å². The predicted octanol–water partition coefficient (Wildman–Crippen LogP) is 8.34. The molecule has 1 amide bonds. The lowest BCUT2D eigenvalue weighted by Crippen LogP contribution is -2.59. The summed E-state index contributed by atoms with van der Waals surface area (Å²) < 4.78 is 36.2. The Morgan fingerprint density at radius 1 is 0.809 bits per heavy atom. The van der Waals surface area contributed by atoms with Crippen LogP contribution < -0.4 is 4.90 Å². The zero-order valence-corrected chi connectivity index (χ0v) is 27.3. The molecule has 2 atom stereocenters. The van der Waals surface area contributed by atoms with Crippen molar-refractivity contribution in [3.05, 3.63) is 132 Å². The largest absolute Gasteiger partial charge is 0.444 e. The summed E-state index contributed by atoms with van der Waals surface area (Å²) in [6, 6.07) is 29.7. The molecule has 0 saturated carbocycles. The summed E-state index contributed by atoms with van der Waals surface area (Å²) >= 11 is 0. The van der Waals surface area contributed by atoms with Gasteiger partial charge in [-0.05, 0) is 51.3 Å². The molecule has 0 spiro atoms. The monoisotopic (exact) mass is 635 g/mol. The van der Waals surface area contributed by atoms with E-state index in [4.69, 9.17) is 14.7 Å². The fraction of sp³-hybridized carbons (Fsp3) is 0.289. The summed E-state index contributed by atoms with van der Waals surface area (Å²) in [5.41, 5.74) is 2.04. The number of halogens is 2. The molecule has 1 aliphatic heterocycles. The SMILES string of the molecule is CC1CN(c2ncnc3c2c(C=C(F)F)cn3C(c2ccccc2)(c2ccccc2)c2ccccc2)C(C)CN1C(=O)OC(C)(C)C. The van der Waals surface area contributed by atoms with Gasteiger partial charge >= 0.3 is 6.09 Å². The fourth-order valence-electron chi connectivity index (χ4n) is 6.73. The summed E-state index contributed by atoms with van der Waals surface area (Å²) in [4.78, 5) is 26.4. The summed E-state index contributed by atoms with van der Waals surface area (Å²) in [5, 5.41) is 0.511. The normalized spacial score (nSPS) is 17.1. The van der Waals surface area contributed by atoms with E-state index in [2.05, 4.69) is 41.3 Å². The minimum absolute atomic E-state index is 0.186. The van der Waals surface area contributed by atoms with Gasteiger partial charge in [-0.3, -0.25) is 0 Å². The zero-order valence-electron chi connectivity index (χ0n) is 27.3. The number of amides is 1. The molecule has 47 heavy (non-hydrogen) atoms. The number of carbonyl (C=O) groups is 1. The van der Waals surface area contributed by atoms with Crippen molar-refractivity contribution >= 4 is 29.0 Å². The highest BCUT2D eigenvalue weighted by molar-refractivity contribution is 5.97. The van der Waals surface area contributed by atoms with Crippen LogP contribution in [0.25, 0.3) is 17.1 Å². The molecule has 0 bridgehead atoms. The quantitative estimate of drug-likeness (QED) is 0.176. The first-order chi connectivity index (χ1) is 22.5. The van der Waals surface area contributed by atoms with Crippen LogP contribution in [0.3, 0.4) is 0 Å². The van der Waals surface area contributed by atoms with Crippen molar-refractivity contribution in [2.75, 3.05) is 18.0 Å². The Bertz CT molecular complexity index is 1790. The van der Waals surface area contributed by atoms with Crippen LogP contribution in [0, 0.1) is 0 Å². The van der Waals surface area contributed by atoms with Crippen molar-refractivity contribution in [2.45, 2.75) is 57.8 Å². The van der Waals surface area contributed by atoms with Crippen molar-refractivity contribution in [1.29, 1.82) is 0 Å². The Kier molecular flexibility index (Phi) is 8.57. The lowest BCUT2D eigenvalue weighted by molar-refractivity contribution is 0.0130. The minimum Gasteiger partial charge on any atom is -0.444 e. The third kappa shape index (κ3) is 5.98. The van der Waals surface area contributed by atoms with Crippen LogP contribution in [-0.4, -0.2) is 56.3 Å². The average molecular weight is 636 g/mol. The Labute approximate surface area is 274 Å². The van der Waals surface area contributed by atoms with Gasteiger partial charge in [0.2, 0.25) is 0 Å². The third-order valence-electron chi connectivity index (χ3n) is 8.68. The molecule has 2 aromatic heterocycles. The van der Waals surface area contributed by atoms with E-state index in [0.717, 1.165) is 22.8 Å². The number of fused-ring (bicyclic) bond motifs is 1. The summed E-state index contributed by atoms with van der Waals surface area (Å²) in [7, 11) is 0. The van der Waals surface area contributed by atoms with Crippen LogP contribution in [0.2, 0.25) is 0 Å². The number of hydrogen-bond donors (Lipinski definition) is 0. The molecule has 3 aromatic carbocycles. The molecule has 2 unspecified atom stereocenters. The van der Waals surface area contributed by atoms with Gasteiger partial charge in [0, 0.05) is 43.0 Å². The first-order valence-corrected chi connectivity index (χ1v) is 15.8.